The summed E-state index contributed by atoms with van der Waals surface area (Å²) in [6.07, 6.45) is 4.32. The van der Waals surface area contributed by atoms with Crippen LogP contribution in [0.25, 0.3) is 11.0 Å². The van der Waals surface area contributed by atoms with Gasteiger partial charge in [-0.2, -0.15) is 5.10 Å². The van der Waals surface area contributed by atoms with Gasteiger partial charge in [-0.3, -0.25) is 14.3 Å². The highest BCUT2D eigenvalue weighted by Crippen LogP contribution is 2.40. The summed E-state index contributed by atoms with van der Waals surface area (Å²) in [7, 11) is 1.84. The third-order valence-corrected chi connectivity index (χ3v) is 5.09. The molecule has 4 rings (SSSR count). The second kappa shape index (κ2) is 6.13. The number of hydrogen-bond acceptors (Lipinski definition) is 4. The summed E-state index contributed by atoms with van der Waals surface area (Å²) >= 11 is 0. The Morgan fingerprint density at radius 2 is 2.00 bits per heavy atom. The predicted molar refractivity (Wildman–Crippen MR) is 93.4 cm³/mol. The summed E-state index contributed by atoms with van der Waals surface area (Å²) in [5, 5.41) is 7.98. The van der Waals surface area contributed by atoms with Gasteiger partial charge in [0.1, 0.15) is 0 Å². The molecule has 25 heavy (non-hydrogen) atoms. The predicted octanol–water partition coefficient (Wildman–Crippen LogP) is 1.51. The first-order valence-electron chi connectivity index (χ1n) is 8.95. The van der Waals surface area contributed by atoms with E-state index in [0.29, 0.717) is 11.5 Å². The Morgan fingerprint density at radius 1 is 1.28 bits per heavy atom. The molecule has 7 heteroatoms. The summed E-state index contributed by atoms with van der Waals surface area (Å²) in [6.45, 7) is 3.51. The van der Waals surface area contributed by atoms with Gasteiger partial charge in [-0.15, -0.1) is 0 Å². The molecule has 0 radical (unpaired) electrons. The molecule has 7 nitrogen and oxygen atoms in total. The van der Waals surface area contributed by atoms with Crippen molar-refractivity contribution in [2.75, 3.05) is 19.6 Å². The quantitative estimate of drug-likeness (QED) is 0.914. The van der Waals surface area contributed by atoms with E-state index in [0.717, 1.165) is 61.2 Å². The van der Waals surface area contributed by atoms with Crippen molar-refractivity contribution in [3.63, 3.8) is 0 Å². The summed E-state index contributed by atoms with van der Waals surface area (Å²) in [4.78, 5) is 31.5. The van der Waals surface area contributed by atoms with Crippen LogP contribution in [0, 0.1) is 6.92 Å². The topological polar surface area (TPSA) is 80.1 Å². The highest BCUT2D eigenvalue weighted by Gasteiger charge is 2.28. The van der Waals surface area contributed by atoms with Crippen molar-refractivity contribution in [2.24, 2.45) is 7.05 Å². The normalized spacial score (nSPS) is 17.3. The molecule has 0 bridgehead atoms. The third kappa shape index (κ3) is 2.99. The van der Waals surface area contributed by atoms with E-state index < -0.39 is 0 Å². The number of hydrogen-bond donors (Lipinski definition) is 1. The average Bonchev–Trinajstić information content (AvgIpc) is 3.23. The van der Waals surface area contributed by atoms with E-state index in [-0.39, 0.29) is 18.4 Å². The lowest BCUT2D eigenvalue weighted by Crippen LogP contribution is -2.38. The number of rotatable bonds is 4. The number of likely N-dealkylation sites (tertiary alicyclic amines) is 1. The molecule has 2 fully saturated rings. The number of fused-ring (bicyclic) bond motifs is 1. The highest BCUT2D eigenvalue weighted by atomic mass is 16.2. The first-order valence-corrected chi connectivity index (χ1v) is 8.95. The van der Waals surface area contributed by atoms with Crippen LogP contribution < -0.4 is 5.32 Å². The van der Waals surface area contributed by atoms with Gasteiger partial charge >= 0.3 is 0 Å². The fraction of sp³-hybridized carbons (Fsp3) is 0.556. The Bertz CT molecular complexity index is 847. The highest BCUT2D eigenvalue weighted by molar-refractivity contribution is 6.07. The van der Waals surface area contributed by atoms with E-state index >= 15 is 0 Å². The van der Waals surface area contributed by atoms with Crippen LogP contribution in [0.3, 0.4) is 0 Å². The Morgan fingerprint density at radius 3 is 2.68 bits per heavy atom. The molecule has 1 aliphatic carbocycles. The zero-order chi connectivity index (χ0) is 17.6. The van der Waals surface area contributed by atoms with E-state index in [2.05, 4.69) is 10.4 Å². The van der Waals surface area contributed by atoms with Gasteiger partial charge in [0.05, 0.1) is 23.2 Å². The van der Waals surface area contributed by atoms with E-state index in [4.69, 9.17) is 4.98 Å². The van der Waals surface area contributed by atoms with Crippen molar-refractivity contribution in [1.29, 1.82) is 0 Å². The van der Waals surface area contributed by atoms with Crippen LogP contribution in [-0.2, 0) is 11.8 Å². The van der Waals surface area contributed by atoms with Gasteiger partial charge in [0.2, 0.25) is 5.91 Å². The smallest absolute Gasteiger partial charge is 0.252 e. The minimum Gasteiger partial charge on any atom is -0.343 e. The Balaban J connectivity index is 1.60. The van der Waals surface area contributed by atoms with Crippen LogP contribution in [0.15, 0.2) is 6.07 Å². The molecule has 1 aliphatic heterocycles. The van der Waals surface area contributed by atoms with Crippen molar-refractivity contribution in [3.05, 3.63) is 23.0 Å². The van der Waals surface area contributed by atoms with Crippen molar-refractivity contribution in [1.82, 2.24) is 25.0 Å². The largest absolute Gasteiger partial charge is 0.343 e. The molecule has 0 unspecified atom stereocenters. The lowest BCUT2D eigenvalue weighted by molar-refractivity contribution is -0.129. The maximum absolute atomic E-state index is 12.8. The molecule has 2 amide bonds. The molecule has 132 valence electrons. The van der Waals surface area contributed by atoms with Crippen LogP contribution >= 0.6 is 0 Å². The third-order valence-electron chi connectivity index (χ3n) is 5.09. The molecular formula is C18H23N5O2. The van der Waals surface area contributed by atoms with Crippen LogP contribution in [0.4, 0.5) is 0 Å². The van der Waals surface area contributed by atoms with Crippen LogP contribution in [0.5, 0.6) is 0 Å². The van der Waals surface area contributed by atoms with Gasteiger partial charge in [0.25, 0.3) is 5.91 Å². The minimum atomic E-state index is -0.224. The number of aryl methyl sites for hydroxylation is 2. The van der Waals surface area contributed by atoms with Gasteiger partial charge in [-0.25, -0.2) is 4.98 Å². The molecule has 1 saturated carbocycles. The molecule has 0 aromatic carbocycles. The zero-order valence-electron chi connectivity index (χ0n) is 14.7. The number of aromatic nitrogens is 3. The number of amides is 2. The van der Waals surface area contributed by atoms with Gasteiger partial charge in [-0.1, -0.05) is 0 Å². The molecule has 2 aromatic rings. The average molecular weight is 341 g/mol. The number of carbonyl (C=O) groups excluding carboxylic acids is 2. The van der Waals surface area contributed by atoms with Crippen LogP contribution in [0.1, 0.15) is 53.3 Å². The van der Waals surface area contributed by atoms with Crippen molar-refractivity contribution in [3.8, 4) is 0 Å². The lowest BCUT2D eigenvalue weighted by Gasteiger charge is -2.15. The number of nitrogens with one attached hydrogen (secondary N) is 1. The summed E-state index contributed by atoms with van der Waals surface area (Å²) in [5.41, 5.74) is 3.04. The Kier molecular flexibility index (Phi) is 3.94. The van der Waals surface area contributed by atoms with Gasteiger partial charge in [0.15, 0.2) is 5.65 Å². The lowest BCUT2D eigenvalue weighted by atomic mass is 10.1. The standard InChI is InChI=1S/C18H23N5O2/c1-11-16-13(18(25)19-10-15(24)23-7-3-4-8-23)9-14(12-5-6-12)20-17(16)22(2)21-11/h9,12H,3-8,10H2,1-2H3,(H,19,25). The Labute approximate surface area is 146 Å². The SMILES string of the molecule is Cc1nn(C)c2nc(C3CC3)cc(C(=O)NCC(=O)N3CCCC3)c12. The molecule has 1 saturated heterocycles. The number of pyridine rings is 1. The second-order valence-electron chi connectivity index (χ2n) is 7.05. The van der Waals surface area contributed by atoms with Crippen molar-refractivity contribution < 1.29 is 9.59 Å². The minimum absolute atomic E-state index is 0.0125. The van der Waals surface area contributed by atoms with Gasteiger partial charge < -0.3 is 10.2 Å². The first kappa shape index (κ1) is 16.1. The molecule has 2 aromatic heterocycles. The molecule has 0 spiro atoms. The zero-order valence-corrected chi connectivity index (χ0v) is 14.7. The van der Waals surface area contributed by atoms with Crippen LogP contribution in [0.2, 0.25) is 0 Å². The Hall–Kier alpha value is -2.44. The van der Waals surface area contributed by atoms with E-state index in [1.165, 1.54) is 0 Å². The monoisotopic (exact) mass is 341 g/mol. The summed E-state index contributed by atoms with van der Waals surface area (Å²) < 4.78 is 1.72. The van der Waals surface area contributed by atoms with E-state index in [9.17, 15) is 9.59 Å². The molecule has 2 aliphatic rings. The maximum atomic E-state index is 12.8. The van der Waals surface area contributed by atoms with Crippen molar-refractivity contribution in [2.45, 2.75) is 38.5 Å². The second-order valence-corrected chi connectivity index (χ2v) is 7.05. The fourth-order valence-corrected chi connectivity index (χ4v) is 3.56. The molecule has 1 N–H and O–H groups in total. The van der Waals surface area contributed by atoms with Gasteiger partial charge in [0, 0.05) is 31.7 Å². The molecular weight excluding hydrogens is 318 g/mol. The fourth-order valence-electron chi connectivity index (χ4n) is 3.56. The molecule has 3 heterocycles. The van der Waals surface area contributed by atoms with E-state index in [1.807, 2.05) is 24.9 Å². The van der Waals surface area contributed by atoms with E-state index in [1.54, 1.807) is 4.68 Å². The maximum Gasteiger partial charge on any atom is 0.252 e. The molecule has 0 atom stereocenters. The van der Waals surface area contributed by atoms with Crippen LogP contribution in [-0.4, -0.2) is 51.1 Å². The van der Waals surface area contributed by atoms with Crippen molar-refractivity contribution >= 4 is 22.8 Å². The van der Waals surface area contributed by atoms with Gasteiger partial charge in [-0.05, 0) is 38.7 Å². The number of nitrogens with zero attached hydrogens (tertiary/aromatic N) is 4. The summed E-state index contributed by atoms with van der Waals surface area (Å²) in [5.74, 6) is 0.205. The number of carbonyl (C=O) groups is 2. The summed E-state index contributed by atoms with van der Waals surface area (Å²) in [6, 6.07) is 1.88. The first-order chi connectivity index (χ1) is 12.0.